The summed E-state index contributed by atoms with van der Waals surface area (Å²) in [6, 6.07) is 19.3. The summed E-state index contributed by atoms with van der Waals surface area (Å²) in [4.78, 5) is 44.0. The zero-order valence-corrected chi connectivity index (χ0v) is 16.5. The first-order valence-corrected chi connectivity index (χ1v) is 9.84. The van der Waals surface area contributed by atoms with Gasteiger partial charge in [-0.2, -0.15) is 0 Å². The van der Waals surface area contributed by atoms with E-state index in [1.807, 2.05) is 6.07 Å². The molecule has 0 N–H and O–H groups in total. The van der Waals surface area contributed by atoms with Gasteiger partial charge in [0.15, 0.2) is 6.10 Å². The number of amides is 2. The Balaban J connectivity index is 1.55. The fourth-order valence-corrected chi connectivity index (χ4v) is 4.19. The van der Waals surface area contributed by atoms with Gasteiger partial charge in [-0.3, -0.25) is 24.5 Å². The van der Waals surface area contributed by atoms with Gasteiger partial charge in [0, 0.05) is 12.1 Å². The number of carbonyl (C=O) groups is 2. The number of nitrogens with zero attached hydrogens (tertiary/aromatic N) is 3. The molecule has 8 nitrogen and oxygen atoms in total. The van der Waals surface area contributed by atoms with Crippen LogP contribution in [0.15, 0.2) is 78.9 Å². The SMILES string of the molecule is O=C1[C@H]2[C@@H](c3ccc(F)cc3)N(c3ccccc3)O[C@H]2C(=O)N1c1ccc([N+](=O)[O-])cc1. The minimum Gasteiger partial charge on any atom is -0.273 e. The van der Waals surface area contributed by atoms with Crippen LogP contribution in [0.3, 0.4) is 0 Å². The van der Waals surface area contributed by atoms with E-state index in [4.69, 9.17) is 4.84 Å². The third kappa shape index (κ3) is 3.10. The Labute approximate surface area is 181 Å². The van der Waals surface area contributed by atoms with Crippen molar-refractivity contribution >= 4 is 28.9 Å². The number of imide groups is 1. The Kier molecular flexibility index (Phi) is 4.67. The summed E-state index contributed by atoms with van der Waals surface area (Å²) in [7, 11) is 0. The monoisotopic (exact) mass is 433 g/mol. The van der Waals surface area contributed by atoms with Gasteiger partial charge in [-0.25, -0.2) is 14.4 Å². The number of non-ortho nitro benzene ring substituents is 1. The van der Waals surface area contributed by atoms with Crippen molar-refractivity contribution in [2.45, 2.75) is 12.1 Å². The van der Waals surface area contributed by atoms with Gasteiger partial charge in [0.1, 0.15) is 11.7 Å². The van der Waals surface area contributed by atoms with Crippen LogP contribution < -0.4 is 9.96 Å². The zero-order valence-electron chi connectivity index (χ0n) is 16.5. The molecule has 0 spiro atoms. The molecule has 160 valence electrons. The third-order valence-electron chi connectivity index (χ3n) is 5.66. The van der Waals surface area contributed by atoms with Crippen molar-refractivity contribution in [3.8, 4) is 0 Å². The lowest BCUT2D eigenvalue weighted by atomic mass is 9.90. The molecule has 2 aliphatic heterocycles. The van der Waals surface area contributed by atoms with E-state index in [1.54, 1.807) is 36.4 Å². The number of halogens is 1. The van der Waals surface area contributed by atoms with Crippen molar-refractivity contribution in [2.24, 2.45) is 5.92 Å². The predicted molar refractivity (Wildman–Crippen MR) is 112 cm³/mol. The van der Waals surface area contributed by atoms with E-state index in [-0.39, 0.29) is 11.4 Å². The van der Waals surface area contributed by atoms with E-state index in [0.717, 1.165) is 4.90 Å². The first-order chi connectivity index (χ1) is 15.5. The Morgan fingerprint density at radius 1 is 0.844 bits per heavy atom. The number of fused-ring (bicyclic) bond motifs is 1. The minimum atomic E-state index is -1.08. The summed E-state index contributed by atoms with van der Waals surface area (Å²) in [6.07, 6.45) is -1.08. The molecule has 0 aromatic heterocycles. The van der Waals surface area contributed by atoms with Crippen LogP contribution in [0, 0.1) is 21.8 Å². The van der Waals surface area contributed by atoms with Crippen LogP contribution in [-0.4, -0.2) is 22.8 Å². The molecule has 9 heteroatoms. The number of carbonyl (C=O) groups excluding carboxylic acids is 2. The maximum absolute atomic E-state index is 13.6. The minimum absolute atomic E-state index is 0.149. The fourth-order valence-electron chi connectivity index (χ4n) is 4.19. The first kappa shape index (κ1) is 19.8. The fraction of sp³-hybridized carbons (Fsp3) is 0.130. The smallest absolute Gasteiger partial charge is 0.269 e. The van der Waals surface area contributed by atoms with Crippen molar-refractivity contribution < 1.29 is 23.7 Å². The van der Waals surface area contributed by atoms with Gasteiger partial charge in [-0.05, 0) is 42.0 Å². The van der Waals surface area contributed by atoms with Crippen molar-refractivity contribution in [1.82, 2.24) is 0 Å². The molecular formula is C23H16FN3O5. The van der Waals surface area contributed by atoms with Gasteiger partial charge in [-0.1, -0.05) is 30.3 Å². The molecule has 2 saturated heterocycles. The quantitative estimate of drug-likeness (QED) is 0.353. The van der Waals surface area contributed by atoms with Gasteiger partial charge in [-0.15, -0.1) is 0 Å². The zero-order chi connectivity index (χ0) is 22.4. The van der Waals surface area contributed by atoms with Gasteiger partial charge >= 0.3 is 0 Å². The van der Waals surface area contributed by atoms with Crippen molar-refractivity contribution in [1.29, 1.82) is 0 Å². The topological polar surface area (TPSA) is 93.0 Å². The summed E-state index contributed by atoms with van der Waals surface area (Å²) in [5.74, 6) is -2.33. The molecule has 3 aromatic carbocycles. The lowest BCUT2D eigenvalue weighted by Gasteiger charge is -2.28. The number of rotatable bonds is 4. The van der Waals surface area contributed by atoms with Crippen molar-refractivity contribution in [3.63, 3.8) is 0 Å². The van der Waals surface area contributed by atoms with E-state index in [2.05, 4.69) is 0 Å². The van der Waals surface area contributed by atoms with Crippen LogP contribution in [0.25, 0.3) is 0 Å². The second-order valence-electron chi connectivity index (χ2n) is 7.49. The number of hydrogen-bond donors (Lipinski definition) is 0. The third-order valence-corrected chi connectivity index (χ3v) is 5.66. The number of hydrogen-bond acceptors (Lipinski definition) is 6. The number of benzene rings is 3. The predicted octanol–water partition coefficient (Wildman–Crippen LogP) is 3.79. The highest BCUT2D eigenvalue weighted by molar-refractivity contribution is 6.23. The lowest BCUT2D eigenvalue weighted by molar-refractivity contribution is -0.384. The highest BCUT2D eigenvalue weighted by atomic mass is 19.1. The maximum atomic E-state index is 13.6. The number of nitro benzene ring substituents is 1. The molecule has 3 atom stereocenters. The summed E-state index contributed by atoms with van der Waals surface area (Å²) in [6.45, 7) is 0. The number of hydroxylamine groups is 1. The largest absolute Gasteiger partial charge is 0.273 e. The average molecular weight is 433 g/mol. The molecule has 0 radical (unpaired) electrons. The molecule has 3 aromatic rings. The number of para-hydroxylation sites is 1. The summed E-state index contributed by atoms with van der Waals surface area (Å²) >= 11 is 0. The van der Waals surface area contributed by atoms with Crippen LogP contribution >= 0.6 is 0 Å². The second-order valence-corrected chi connectivity index (χ2v) is 7.49. The van der Waals surface area contributed by atoms with E-state index >= 15 is 0 Å². The van der Waals surface area contributed by atoms with Crippen LogP contribution in [0.2, 0.25) is 0 Å². The molecule has 0 bridgehead atoms. The normalized spacial score (nSPS) is 22.3. The van der Waals surface area contributed by atoms with E-state index in [0.29, 0.717) is 11.3 Å². The van der Waals surface area contributed by atoms with Crippen molar-refractivity contribution in [3.05, 3.63) is 100 Å². The molecule has 2 amide bonds. The summed E-state index contributed by atoms with van der Waals surface area (Å²) < 4.78 is 13.6. The molecule has 2 fully saturated rings. The Morgan fingerprint density at radius 2 is 1.50 bits per heavy atom. The van der Waals surface area contributed by atoms with Gasteiger partial charge in [0.2, 0.25) is 5.91 Å². The molecular weight excluding hydrogens is 417 g/mol. The number of anilines is 2. The van der Waals surface area contributed by atoms with Gasteiger partial charge in [0.05, 0.1) is 22.3 Å². The Bertz CT molecular complexity index is 1200. The molecule has 0 unspecified atom stereocenters. The number of nitro groups is 1. The Hall–Kier alpha value is -4.11. The van der Waals surface area contributed by atoms with Gasteiger partial charge in [0.25, 0.3) is 11.6 Å². The van der Waals surface area contributed by atoms with E-state index in [9.17, 15) is 24.1 Å². The van der Waals surface area contributed by atoms with E-state index < -0.39 is 40.6 Å². The molecule has 5 rings (SSSR count). The maximum Gasteiger partial charge on any atom is 0.269 e. The van der Waals surface area contributed by atoms with Crippen molar-refractivity contribution in [2.75, 3.05) is 9.96 Å². The molecule has 0 aliphatic carbocycles. The van der Waals surface area contributed by atoms with Crippen LogP contribution in [0.4, 0.5) is 21.5 Å². The standard InChI is InChI=1S/C23H16FN3O5/c24-15-8-6-14(7-9-15)20-19-21(32-26(20)17-4-2-1-3-5-17)23(29)25(22(19)28)16-10-12-18(13-11-16)27(30)31/h1-13,19-21H/t19-,20+,21+/m0/s1. The molecule has 2 heterocycles. The molecule has 32 heavy (non-hydrogen) atoms. The Morgan fingerprint density at radius 3 is 2.12 bits per heavy atom. The average Bonchev–Trinajstić information content (AvgIpc) is 3.31. The van der Waals surface area contributed by atoms with E-state index in [1.165, 1.54) is 41.5 Å². The first-order valence-electron chi connectivity index (χ1n) is 9.84. The summed E-state index contributed by atoms with van der Waals surface area (Å²) in [5, 5.41) is 12.4. The van der Waals surface area contributed by atoms with Crippen LogP contribution in [0.5, 0.6) is 0 Å². The highest BCUT2D eigenvalue weighted by Crippen LogP contribution is 2.47. The highest BCUT2D eigenvalue weighted by Gasteiger charge is 2.60. The lowest BCUT2D eigenvalue weighted by Crippen LogP contribution is -2.37. The van der Waals surface area contributed by atoms with Crippen LogP contribution in [-0.2, 0) is 14.4 Å². The molecule has 2 aliphatic rings. The van der Waals surface area contributed by atoms with Crippen LogP contribution in [0.1, 0.15) is 11.6 Å². The molecule has 0 saturated carbocycles. The van der Waals surface area contributed by atoms with Gasteiger partial charge < -0.3 is 0 Å². The second kappa shape index (κ2) is 7.54. The summed E-state index contributed by atoms with van der Waals surface area (Å²) in [5.41, 5.74) is 1.35.